The van der Waals surface area contributed by atoms with Crippen molar-refractivity contribution < 1.29 is 17.9 Å². The highest BCUT2D eigenvalue weighted by Crippen LogP contribution is 2.23. The maximum atomic E-state index is 11.8. The second kappa shape index (κ2) is 6.84. The van der Waals surface area contributed by atoms with Crippen LogP contribution in [-0.4, -0.2) is 12.1 Å². The Bertz CT molecular complexity index is 235. The van der Waals surface area contributed by atoms with Crippen LogP contribution in [-0.2, 0) is 4.74 Å². The van der Waals surface area contributed by atoms with E-state index in [-0.39, 0.29) is 11.5 Å². The van der Waals surface area contributed by atoms with E-state index in [1.807, 2.05) is 0 Å². The molecular weight excluding hydrogens is 237 g/mol. The van der Waals surface area contributed by atoms with Crippen LogP contribution in [0.2, 0.25) is 0 Å². The summed E-state index contributed by atoms with van der Waals surface area (Å²) >= 11 is 0. The SMILES string of the molecule is C=C/C=C\C=C(/CSCl)OC(F)(F)F. The lowest BCUT2D eigenvalue weighted by molar-refractivity contribution is -0.304. The standard InChI is InChI=1S/C8H8ClF3OS/c1-2-3-4-5-7(6-14-9)13-8(10,11)12/h2-5H,1,6H2/b4-3-,7-5+. The van der Waals surface area contributed by atoms with Crippen molar-refractivity contribution >= 4 is 21.7 Å². The molecule has 0 aliphatic heterocycles. The van der Waals surface area contributed by atoms with Crippen molar-refractivity contribution in [2.45, 2.75) is 6.36 Å². The number of ether oxygens (including phenoxy) is 1. The Kier molecular flexibility index (Phi) is 6.57. The molecule has 0 aliphatic carbocycles. The van der Waals surface area contributed by atoms with Crippen LogP contribution in [0.25, 0.3) is 0 Å². The topological polar surface area (TPSA) is 9.23 Å². The van der Waals surface area contributed by atoms with Crippen molar-refractivity contribution in [1.82, 2.24) is 0 Å². The minimum absolute atomic E-state index is 0.0530. The molecule has 0 rings (SSSR count). The zero-order valence-electron chi connectivity index (χ0n) is 7.05. The highest BCUT2D eigenvalue weighted by Gasteiger charge is 2.31. The van der Waals surface area contributed by atoms with E-state index in [2.05, 4.69) is 11.3 Å². The number of allylic oxidation sites excluding steroid dienone is 4. The molecule has 0 saturated heterocycles. The lowest BCUT2D eigenvalue weighted by Gasteiger charge is -2.10. The van der Waals surface area contributed by atoms with Crippen LogP contribution < -0.4 is 0 Å². The largest absolute Gasteiger partial charge is 0.572 e. The second-order valence-electron chi connectivity index (χ2n) is 2.05. The average molecular weight is 245 g/mol. The summed E-state index contributed by atoms with van der Waals surface area (Å²) in [5, 5.41) is 0. The Balaban J connectivity index is 4.35. The molecule has 1 nitrogen and oxygen atoms in total. The smallest absolute Gasteiger partial charge is 0.409 e. The molecule has 0 bridgehead atoms. The first-order valence-electron chi connectivity index (χ1n) is 3.47. The second-order valence-corrected chi connectivity index (χ2v) is 3.22. The maximum Gasteiger partial charge on any atom is 0.572 e. The van der Waals surface area contributed by atoms with Gasteiger partial charge in [-0.25, -0.2) is 0 Å². The van der Waals surface area contributed by atoms with Gasteiger partial charge in [0.05, 0.1) is 5.75 Å². The first-order chi connectivity index (χ1) is 6.49. The van der Waals surface area contributed by atoms with Gasteiger partial charge < -0.3 is 4.74 Å². The molecule has 0 amide bonds. The van der Waals surface area contributed by atoms with E-state index in [0.29, 0.717) is 0 Å². The molecule has 0 N–H and O–H groups in total. The van der Waals surface area contributed by atoms with Gasteiger partial charge in [0.15, 0.2) is 0 Å². The Hall–Kier alpha value is -0.550. The van der Waals surface area contributed by atoms with E-state index < -0.39 is 6.36 Å². The summed E-state index contributed by atoms with van der Waals surface area (Å²) in [6.45, 7) is 3.37. The van der Waals surface area contributed by atoms with E-state index in [9.17, 15) is 13.2 Å². The Morgan fingerprint density at radius 2 is 2.07 bits per heavy atom. The molecule has 0 heterocycles. The molecule has 80 valence electrons. The molecule has 0 saturated carbocycles. The molecule has 0 aromatic heterocycles. The molecule has 0 aromatic carbocycles. The van der Waals surface area contributed by atoms with Gasteiger partial charge in [-0.2, -0.15) is 0 Å². The van der Waals surface area contributed by atoms with Gasteiger partial charge in [-0.15, -0.1) is 13.2 Å². The summed E-state index contributed by atoms with van der Waals surface area (Å²) in [6.07, 6.45) is 0.820. The normalized spacial score (nSPS) is 13.3. The number of rotatable bonds is 5. The maximum absolute atomic E-state index is 11.8. The molecule has 6 heteroatoms. The van der Waals surface area contributed by atoms with E-state index in [1.54, 1.807) is 0 Å². The fourth-order valence-electron chi connectivity index (χ4n) is 0.555. The third-order valence-electron chi connectivity index (χ3n) is 0.973. The van der Waals surface area contributed by atoms with Crippen LogP contribution in [0.1, 0.15) is 0 Å². The van der Waals surface area contributed by atoms with Crippen molar-refractivity contribution in [1.29, 1.82) is 0 Å². The molecule has 14 heavy (non-hydrogen) atoms. The predicted molar refractivity (Wildman–Crippen MR) is 52.9 cm³/mol. The summed E-state index contributed by atoms with van der Waals surface area (Å²) in [6, 6.07) is 0. The number of hydrogen-bond donors (Lipinski definition) is 0. The van der Waals surface area contributed by atoms with Gasteiger partial charge in [-0.3, -0.25) is 0 Å². The molecule has 0 aliphatic rings. The van der Waals surface area contributed by atoms with Crippen molar-refractivity contribution in [3.63, 3.8) is 0 Å². The van der Waals surface area contributed by atoms with Crippen molar-refractivity contribution in [2.24, 2.45) is 0 Å². The van der Waals surface area contributed by atoms with Gasteiger partial charge in [0, 0.05) is 0 Å². The third kappa shape index (κ3) is 8.07. The quantitative estimate of drug-likeness (QED) is 0.533. The summed E-state index contributed by atoms with van der Waals surface area (Å²) in [7, 11) is 5.95. The molecule has 0 fully saturated rings. The van der Waals surface area contributed by atoms with Crippen LogP contribution in [0.3, 0.4) is 0 Å². The molecule has 0 aromatic rings. The molecule has 0 radical (unpaired) electrons. The molecule has 0 spiro atoms. The van der Waals surface area contributed by atoms with Crippen LogP contribution in [0.15, 0.2) is 36.6 Å². The predicted octanol–water partition coefficient (Wildman–Crippen LogP) is 4.04. The lowest BCUT2D eigenvalue weighted by Crippen LogP contribution is -2.13. The van der Waals surface area contributed by atoms with Crippen molar-refractivity contribution in [3.8, 4) is 0 Å². The van der Waals surface area contributed by atoms with E-state index in [0.717, 1.165) is 11.0 Å². The zero-order chi connectivity index (χ0) is 11.0. The van der Waals surface area contributed by atoms with Crippen LogP contribution in [0, 0.1) is 0 Å². The van der Waals surface area contributed by atoms with E-state index in [1.165, 1.54) is 24.3 Å². The van der Waals surface area contributed by atoms with Crippen LogP contribution in [0.5, 0.6) is 0 Å². The lowest BCUT2D eigenvalue weighted by atomic mass is 10.4. The van der Waals surface area contributed by atoms with Crippen LogP contribution >= 0.6 is 21.7 Å². The van der Waals surface area contributed by atoms with Gasteiger partial charge in [0.1, 0.15) is 5.76 Å². The van der Waals surface area contributed by atoms with Crippen molar-refractivity contribution in [3.05, 3.63) is 36.6 Å². The van der Waals surface area contributed by atoms with Gasteiger partial charge in [-0.1, -0.05) is 24.8 Å². The monoisotopic (exact) mass is 244 g/mol. The van der Waals surface area contributed by atoms with Gasteiger partial charge in [-0.05, 0) is 27.7 Å². The minimum Gasteiger partial charge on any atom is -0.409 e. The van der Waals surface area contributed by atoms with E-state index >= 15 is 0 Å². The van der Waals surface area contributed by atoms with Gasteiger partial charge >= 0.3 is 6.36 Å². The fourth-order valence-corrected chi connectivity index (χ4v) is 1.14. The molecule has 0 atom stereocenters. The number of halogens is 4. The first-order valence-corrected chi connectivity index (χ1v) is 5.28. The summed E-state index contributed by atoms with van der Waals surface area (Å²) in [5.74, 6) is -0.307. The van der Waals surface area contributed by atoms with Crippen molar-refractivity contribution in [2.75, 3.05) is 5.75 Å². The Morgan fingerprint density at radius 3 is 2.50 bits per heavy atom. The third-order valence-corrected chi connectivity index (χ3v) is 1.69. The van der Waals surface area contributed by atoms with Gasteiger partial charge in [0.2, 0.25) is 0 Å². The van der Waals surface area contributed by atoms with E-state index in [4.69, 9.17) is 10.7 Å². The molecular formula is C8H8ClF3OS. The number of hydrogen-bond acceptors (Lipinski definition) is 2. The first kappa shape index (κ1) is 13.4. The van der Waals surface area contributed by atoms with Crippen LogP contribution in [0.4, 0.5) is 13.2 Å². The zero-order valence-corrected chi connectivity index (χ0v) is 8.62. The summed E-state index contributed by atoms with van der Waals surface area (Å²) < 4.78 is 39.0. The highest BCUT2D eigenvalue weighted by molar-refractivity contribution is 8.21. The number of alkyl halides is 3. The van der Waals surface area contributed by atoms with Gasteiger partial charge in [0.25, 0.3) is 0 Å². The fraction of sp³-hybridized carbons (Fsp3) is 0.250. The molecule has 0 unspecified atom stereocenters. The highest BCUT2D eigenvalue weighted by atomic mass is 35.7. The Labute approximate surface area is 88.8 Å². The average Bonchev–Trinajstić information content (AvgIpc) is 2.02. The minimum atomic E-state index is -4.68. The summed E-state index contributed by atoms with van der Waals surface area (Å²) in [4.78, 5) is 0. The Morgan fingerprint density at radius 1 is 1.43 bits per heavy atom. The summed E-state index contributed by atoms with van der Waals surface area (Å²) in [5.41, 5.74) is 0.